The van der Waals surface area contributed by atoms with Gasteiger partial charge in [-0.3, -0.25) is 4.79 Å². The maximum absolute atomic E-state index is 10.2. The molecular weight excluding hydrogens is 216 g/mol. The molecule has 3 atom stereocenters. The Morgan fingerprint density at radius 1 is 1.75 bits per heavy atom. The van der Waals surface area contributed by atoms with Gasteiger partial charge in [-0.1, -0.05) is 5.21 Å². The molecule has 1 amide bonds. The number of nitrogens with zero attached hydrogens (tertiary/aromatic N) is 3. The van der Waals surface area contributed by atoms with Crippen LogP contribution < -0.4 is 5.32 Å². The van der Waals surface area contributed by atoms with E-state index in [1.165, 1.54) is 10.9 Å². The standard InChI is InChI=1S/C8H12N4O4/c13-3-5-1-6(15)8(16-5)12-2-7(9-4-14)10-11-12/h2,4-6,8,13,15H,1,3H2,(H,9,14)/t5-,6?,8+/m0/s1. The molecule has 2 rings (SSSR count). The predicted molar refractivity (Wildman–Crippen MR) is 51.3 cm³/mol. The maximum Gasteiger partial charge on any atom is 0.212 e. The van der Waals surface area contributed by atoms with Gasteiger partial charge in [0.25, 0.3) is 0 Å². The summed E-state index contributed by atoms with van der Waals surface area (Å²) in [6, 6.07) is 0. The number of amides is 1. The van der Waals surface area contributed by atoms with Gasteiger partial charge in [0.2, 0.25) is 6.41 Å². The van der Waals surface area contributed by atoms with E-state index in [1.54, 1.807) is 0 Å². The minimum absolute atomic E-state index is 0.151. The molecule has 1 aliphatic heterocycles. The molecule has 88 valence electrons. The van der Waals surface area contributed by atoms with Gasteiger partial charge in [-0.2, -0.15) is 0 Å². The third kappa shape index (κ3) is 2.03. The Balaban J connectivity index is 2.08. The van der Waals surface area contributed by atoms with Gasteiger partial charge in [0, 0.05) is 6.42 Å². The Hall–Kier alpha value is -1.51. The van der Waals surface area contributed by atoms with E-state index in [9.17, 15) is 9.90 Å². The second-order valence-corrected chi connectivity index (χ2v) is 3.48. The third-order valence-electron chi connectivity index (χ3n) is 2.35. The molecule has 0 radical (unpaired) electrons. The average molecular weight is 228 g/mol. The van der Waals surface area contributed by atoms with Crippen LogP contribution in [0, 0.1) is 0 Å². The molecule has 0 aliphatic carbocycles. The molecule has 0 aromatic carbocycles. The number of aromatic nitrogens is 3. The van der Waals surface area contributed by atoms with Crippen LogP contribution in [0.2, 0.25) is 0 Å². The highest BCUT2D eigenvalue weighted by Gasteiger charge is 2.35. The number of anilines is 1. The first-order valence-electron chi connectivity index (χ1n) is 4.81. The highest BCUT2D eigenvalue weighted by Crippen LogP contribution is 2.28. The molecule has 3 N–H and O–H groups in total. The van der Waals surface area contributed by atoms with Gasteiger partial charge in [-0.05, 0) is 0 Å². The summed E-state index contributed by atoms with van der Waals surface area (Å²) < 4.78 is 6.66. The summed E-state index contributed by atoms with van der Waals surface area (Å²) in [7, 11) is 0. The Kier molecular flexibility index (Phi) is 3.13. The van der Waals surface area contributed by atoms with Gasteiger partial charge in [-0.15, -0.1) is 5.10 Å². The molecule has 8 nitrogen and oxygen atoms in total. The van der Waals surface area contributed by atoms with Gasteiger partial charge in [-0.25, -0.2) is 4.68 Å². The van der Waals surface area contributed by atoms with Crippen molar-refractivity contribution in [1.29, 1.82) is 0 Å². The lowest BCUT2D eigenvalue weighted by Crippen LogP contribution is -2.20. The molecule has 1 aliphatic rings. The van der Waals surface area contributed by atoms with Crippen molar-refractivity contribution in [2.75, 3.05) is 11.9 Å². The molecule has 1 aromatic rings. The number of ether oxygens (including phenoxy) is 1. The first-order valence-corrected chi connectivity index (χ1v) is 4.81. The number of nitrogens with one attached hydrogen (secondary N) is 1. The summed E-state index contributed by atoms with van der Waals surface area (Å²) in [5, 5.41) is 28.3. The molecule has 8 heteroatoms. The second kappa shape index (κ2) is 4.56. The molecule has 1 saturated heterocycles. The van der Waals surface area contributed by atoms with E-state index < -0.39 is 18.4 Å². The number of hydrogen-bond acceptors (Lipinski definition) is 6. The van der Waals surface area contributed by atoms with Crippen molar-refractivity contribution in [2.45, 2.75) is 24.9 Å². The summed E-state index contributed by atoms with van der Waals surface area (Å²) in [5.41, 5.74) is 0. The van der Waals surface area contributed by atoms with E-state index in [0.29, 0.717) is 12.8 Å². The SMILES string of the molecule is O=CNc1cn([C@@H]2O[C@H](CO)CC2O)nn1. The molecule has 0 bridgehead atoms. The Morgan fingerprint density at radius 3 is 3.19 bits per heavy atom. The molecule has 1 fully saturated rings. The maximum atomic E-state index is 10.2. The first-order chi connectivity index (χ1) is 7.74. The van der Waals surface area contributed by atoms with E-state index >= 15 is 0 Å². The smallest absolute Gasteiger partial charge is 0.212 e. The van der Waals surface area contributed by atoms with Gasteiger partial charge in [0.05, 0.1) is 18.9 Å². The van der Waals surface area contributed by atoms with Crippen molar-refractivity contribution in [1.82, 2.24) is 15.0 Å². The van der Waals surface area contributed by atoms with Crippen molar-refractivity contribution in [2.24, 2.45) is 0 Å². The van der Waals surface area contributed by atoms with Crippen molar-refractivity contribution in [3.05, 3.63) is 6.20 Å². The summed E-state index contributed by atoms with van der Waals surface area (Å²) in [5.74, 6) is 0.276. The van der Waals surface area contributed by atoms with Crippen LogP contribution in [-0.4, -0.2) is 50.4 Å². The van der Waals surface area contributed by atoms with Gasteiger partial charge in [0.15, 0.2) is 12.0 Å². The van der Waals surface area contributed by atoms with Crippen LogP contribution in [-0.2, 0) is 9.53 Å². The fourth-order valence-corrected chi connectivity index (χ4v) is 1.61. The van der Waals surface area contributed by atoms with Gasteiger partial charge < -0.3 is 20.3 Å². The van der Waals surface area contributed by atoms with Crippen LogP contribution in [0.5, 0.6) is 0 Å². The lowest BCUT2D eigenvalue weighted by atomic mass is 10.2. The molecule has 2 heterocycles. The van der Waals surface area contributed by atoms with Crippen molar-refractivity contribution in [3.63, 3.8) is 0 Å². The lowest BCUT2D eigenvalue weighted by molar-refractivity contribution is -0.105. The topological polar surface area (TPSA) is 110 Å². The monoisotopic (exact) mass is 228 g/mol. The first kappa shape index (κ1) is 11.0. The van der Waals surface area contributed by atoms with Crippen LogP contribution in [0.4, 0.5) is 5.82 Å². The fraction of sp³-hybridized carbons (Fsp3) is 0.625. The van der Waals surface area contributed by atoms with E-state index in [4.69, 9.17) is 9.84 Å². The zero-order chi connectivity index (χ0) is 11.5. The fourth-order valence-electron chi connectivity index (χ4n) is 1.61. The van der Waals surface area contributed by atoms with Crippen molar-refractivity contribution < 1.29 is 19.7 Å². The van der Waals surface area contributed by atoms with E-state index in [-0.39, 0.29) is 12.4 Å². The highest BCUT2D eigenvalue weighted by molar-refractivity contribution is 5.67. The number of rotatable bonds is 4. The third-order valence-corrected chi connectivity index (χ3v) is 2.35. The van der Waals surface area contributed by atoms with E-state index in [2.05, 4.69) is 15.6 Å². The Bertz CT molecular complexity index is 369. The number of hydrogen-bond donors (Lipinski definition) is 3. The van der Waals surface area contributed by atoms with Crippen LogP contribution >= 0.6 is 0 Å². The number of aliphatic hydroxyl groups excluding tert-OH is 2. The molecule has 16 heavy (non-hydrogen) atoms. The Morgan fingerprint density at radius 2 is 2.56 bits per heavy atom. The zero-order valence-electron chi connectivity index (χ0n) is 8.35. The minimum atomic E-state index is -0.747. The largest absolute Gasteiger partial charge is 0.394 e. The number of aliphatic hydroxyl groups is 2. The van der Waals surface area contributed by atoms with Crippen LogP contribution in [0.1, 0.15) is 12.6 Å². The van der Waals surface area contributed by atoms with Gasteiger partial charge >= 0.3 is 0 Å². The van der Waals surface area contributed by atoms with Gasteiger partial charge in [0.1, 0.15) is 6.10 Å². The molecular formula is C8H12N4O4. The Labute approximate surface area is 90.8 Å². The normalized spacial score (nSPS) is 29.2. The molecule has 1 unspecified atom stereocenters. The van der Waals surface area contributed by atoms with Crippen LogP contribution in [0.3, 0.4) is 0 Å². The van der Waals surface area contributed by atoms with Crippen LogP contribution in [0.25, 0.3) is 0 Å². The van der Waals surface area contributed by atoms with Crippen molar-refractivity contribution >= 4 is 12.2 Å². The lowest BCUT2D eigenvalue weighted by Gasteiger charge is -2.13. The average Bonchev–Trinajstić information content (AvgIpc) is 2.85. The van der Waals surface area contributed by atoms with Crippen molar-refractivity contribution in [3.8, 4) is 0 Å². The predicted octanol–water partition coefficient (Wildman–Crippen LogP) is -1.51. The molecule has 0 saturated carbocycles. The number of carbonyl (C=O) groups excluding carboxylic acids is 1. The second-order valence-electron chi connectivity index (χ2n) is 3.48. The molecule has 1 aromatic heterocycles. The van der Waals surface area contributed by atoms with E-state index in [0.717, 1.165) is 0 Å². The molecule has 0 spiro atoms. The van der Waals surface area contributed by atoms with Crippen LogP contribution in [0.15, 0.2) is 6.20 Å². The van der Waals surface area contributed by atoms with E-state index in [1.807, 2.05) is 0 Å². The summed E-state index contributed by atoms with van der Waals surface area (Å²) in [4.78, 5) is 10.2. The summed E-state index contributed by atoms with van der Waals surface area (Å²) >= 11 is 0. The summed E-state index contributed by atoms with van der Waals surface area (Å²) in [6.45, 7) is -0.151. The number of carbonyl (C=O) groups is 1. The zero-order valence-corrected chi connectivity index (χ0v) is 8.35. The highest BCUT2D eigenvalue weighted by atomic mass is 16.5. The quantitative estimate of drug-likeness (QED) is 0.540. The summed E-state index contributed by atoms with van der Waals surface area (Å²) in [6.07, 6.45) is 0.456. The minimum Gasteiger partial charge on any atom is -0.394 e.